The largest absolute Gasteiger partial charge is 0.491 e. The minimum absolute atomic E-state index is 0.312. The summed E-state index contributed by atoms with van der Waals surface area (Å²) in [6.07, 6.45) is 6.16. The van der Waals surface area contributed by atoms with E-state index in [0.717, 1.165) is 25.7 Å². The van der Waals surface area contributed by atoms with Gasteiger partial charge in [-0.2, -0.15) is 5.26 Å². The first kappa shape index (κ1) is 28.2. The molecule has 2 aromatic heterocycles. The third-order valence-electron chi connectivity index (χ3n) is 6.37. The number of halogens is 2. The monoisotopic (exact) mass is 577 g/mol. The number of nitrogens with zero attached hydrogens (tertiary/aromatic N) is 5. The van der Waals surface area contributed by atoms with Gasteiger partial charge in [0.15, 0.2) is 5.16 Å². The van der Waals surface area contributed by atoms with Crippen molar-refractivity contribution in [3.05, 3.63) is 33.9 Å². The zero-order valence-electron chi connectivity index (χ0n) is 21.8. The average molecular weight is 579 g/mol. The summed E-state index contributed by atoms with van der Waals surface area (Å²) >= 11 is 14.6. The highest BCUT2D eigenvalue weighted by Gasteiger charge is 2.22. The van der Waals surface area contributed by atoms with Crippen LogP contribution in [0, 0.1) is 11.3 Å². The van der Waals surface area contributed by atoms with Crippen LogP contribution < -0.4 is 4.74 Å². The number of benzene rings is 1. The van der Waals surface area contributed by atoms with E-state index in [9.17, 15) is 5.26 Å². The third kappa shape index (κ3) is 6.99. The summed E-state index contributed by atoms with van der Waals surface area (Å²) in [6.45, 7) is 11.5. The van der Waals surface area contributed by atoms with Gasteiger partial charge in [-0.1, -0.05) is 54.6 Å². The summed E-state index contributed by atoms with van der Waals surface area (Å²) in [5, 5.41) is 12.1. The average Bonchev–Trinajstić information content (AvgIpc) is 3.50. The minimum atomic E-state index is -1.21. The summed E-state index contributed by atoms with van der Waals surface area (Å²) in [6, 6.07) is 6.87. The lowest BCUT2D eigenvalue weighted by molar-refractivity contribution is 0.0898. The lowest BCUT2D eigenvalue weighted by Gasteiger charge is -2.17. The topological polar surface area (TPSA) is 76.2 Å². The Kier molecular flexibility index (Phi) is 9.43. The van der Waals surface area contributed by atoms with Crippen molar-refractivity contribution < 1.29 is 9.47 Å². The Labute approximate surface area is 234 Å². The first-order chi connectivity index (χ1) is 17.7. The van der Waals surface area contributed by atoms with Crippen LogP contribution in [0.3, 0.4) is 0 Å². The molecule has 0 radical (unpaired) electrons. The molecule has 1 saturated heterocycles. The highest BCUT2D eigenvalue weighted by Crippen LogP contribution is 2.40. The summed E-state index contributed by atoms with van der Waals surface area (Å²) in [4.78, 5) is 11.9. The number of thioether (sulfide) groups is 1. The van der Waals surface area contributed by atoms with Crippen molar-refractivity contribution in [3.8, 4) is 23.1 Å². The van der Waals surface area contributed by atoms with E-state index in [2.05, 4.69) is 30.6 Å². The molecular weight excluding hydrogens is 545 g/mol. The van der Waals surface area contributed by atoms with Crippen molar-refractivity contribution in [1.82, 2.24) is 19.4 Å². The second-order valence-electron chi connectivity index (χ2n) is 10.4. The van der Waals surface area contributed by atoms with Gasteiger partial charge >= 0.3 is 0 Å². The number of hydrogen-bond donors (Lipinski definition) is 0. The molecule has 4 rings (SSSR count). The number of fused-ring (bicyclic) bond motifs is 1. The van der Waals surface area contributed by atoms with Gasteiger partial charge in [-0.25, -0.2) is 9.97 Å². The second-order valence-corrected chi connectivity index (χ2v) is 17.6. The molecule has 1 fully saturated rings. The molecule has 1 aromatic carbocycles. The Balaban J connectivity index is 1.69. The Bertz CT molecular complexity index is 1300. The SMILES string of the molecule is CSc1nc(-c2cc(OCCN3CCCC3)c(Cl)cc2Cl)c2c(C#N)cn(COCC[Si](C)(C)C)c2n1. The summed E-state index contributed by atoms with van der Waals surface area (Å²) < 4.78 is 13.9. The molecule has 0 saturated carbocycles. The Morgan fingerprint density at radius 1 is 1.11 bits per heavy atom. The molecule has 0 amide bonds. The fourth-order valence-corrected chi connectivity index (χ4v) is 5.93. The van der Waals surface area contributed by atoms with Crippen molar-refractivity contribution >= 4 is 54.1 Å². The smallest absolute Gasteiger partial charge is 0.189 e. The Hall–Kier alpha value is -1.80. The number of ether oxygens (including phenoxy) is 2. The van der Waals surface area contributed by atoms with Gasteiger partial charge in [0.25, 0.3) is 0 Å². The van der Waals surface area contributed by atoms with Gasteiger partial charge in [0.05, 0.1) is 26.7 Å². The number of nitriles is 1. The molecular formula is C26H33Cl2N5O2SSi. The normalized spacial score (nSPS) is 14.4. The summed E-state index contributed by atoms with van der Waals surface area (Å²) in [5.41, 5.74) is 2.34. The molecule has 7 nitrogen and oxygen atoms in total. The summed E-state index contributed by atoms with van der Waals surface area (Å²) in [7, 11) is -1.21. The first-order valence-corrected chi connectivity index (χ1v) is 18.2. The molecule has 0 atom stereocenters. The number of hydrogen-bond acceptors (Lipinski definition) is 7. The van der Waals surface area contributed by atoms with Crippen molar-refractivity contribution in [3.63, 3.8) is 0 Å². The van der Waals surface area contributed by atoms with Crippen molar-refractivity contribution in [2.24, 2.45) is 0 Å². The van der Waals surface area contributed by atoms with Crippen LogP contribution in [0.2, 0.25) is 35.7 Å². The zero-order valence-corrected chi connectivity index (χ0v) is 25.1. The van der Waals surface area contributed by atoms with Crippen molar-refractivity contribution in [2.45, 2.75) is 50.4 Å². The van der Waals surface area contributed by atoms with E-state index in [1.54, 1.807) is 12.3 Å². The van der Waals surface area contributed by atoms with Crippen molar-refractivity contribution in [2.75, 3.05) is 39.1 Å². The molecule has 1 aliphatic rings. The molecule has 1 aliphatic heterocycles. The molecule has 0 aliphatic carbocycles. The van der Waals surface area contributed by atoms with Crippen LogP contribution in [0.5, 0.6) is 5.75 Å². The molecule has 0 N–H and O–H groups in total. The maximum Gasteiger partial charge on any atom is 0.189 e. The molecule has 0 bridgehead atoms. The standard InChI is InChI=1S/C26H33Cl2N5O2SSi/c1-36-26-30-24(19-13-22(21(28)14-20(19)27)35-10-9-32-7-5-6-8-32)23-18(15-29)16-33(25(23)31-26)17-34-11-12-37(2,3)4/h13-14,16H,5-12,17H2,1-4H3. The molecule has 0 spiro atoms. The van der Waals surface area contributed by atoms with E-state index in [-0.39, 0.29) is 0 Å². The van der Waals surface area contributed by atoms with Crippen LogP contribution in [-0.2, 0) is 11.5 Å². The Morgan fingerprint density at radius 3 is 2.54 bits per heavy atom. The quantitative estimate of drug-likeness (QED) is 0.107. The molecule has 3 aromatic rings. The predicted molar refractivity (Wildman–Crippen MR) is 155 cm³/mol. The highest BCUT2D eigenvalue weighted by atomic mass is 35.5. The molecule has 3 heterocycles. The number of rotatable bonds is 11. The van der Waals surface area contributed by atoms with Gasteiger partial charge in [0, 0.05) is 33.0 Å². The van der Waals surface area contributed by atoms with Crippen LogP contribution in [0.15, 0.2) is 23.5 Å². The maximum absolute atomic E-state index is 9.97. The van der Waals surface area contributed by atoms with E-state index >= 15 is 0 Å². The van der Waals surface area contributed by atoms with Crippen LogP contribution in [0.25, 0.3) is 22.3 Å². The van der Waals surface area contributed by atoms with Gasteiger partial charge in [0.1, 0.15) is 30.8 Å². The van der Waals surface area contributed by atoms with Gasteiger partial charge in [-0.05, 0) is 50.4 Å². The second kappa shape index (κ2) is 12.4. The van der Waals surface area contributed by atoms with E-state index in [1.807, 2.05) is 16.9 Å². The fourth-order valence-electron chi connectivity index (χ4n) is 4.29. The van der Waals surface area contributed by atoms with Gasteiger partial charge in [0.2, 0.25) is 0 Å². The van der Waals surface area contributed by atoms with Gasteiger partial charge in [-0.15, -0.1) is 0 Å². The molecule has 0 unspecified atom stereocenters. The predicted octanol–water partition coefficient (Wildman–Crippen LogP) is 6.79. The number of likely N-dealkylation sites (tertiary alicyclic amines) is 1. The van der Waals surface area contributed by atoms with Crippen LogP contribution in [0.1, 0.15) is 18.4 Å². The first-order valence-electron chi connectivity index (χ1n) is 12.5. The maximum atomic E-state index is 9.97. The van der Waals surface area contributed by atoms with Crippen LogP contribution in [0.4, 0.5) is 0 Å². The zero-order chi connectivity index (χ0) is 26.6. The van der Waals surface area contributed by atoms with E-state index < -0.39 is 8.07 Å². The van der Waals surface area contributed by atoms with E-state index in [4.69, 9.17) is 42.6 Å². The van der Waals surface area contributed by atoms with E-state index in [1.165, 1.54) is 24.6 Å². The lowest BCUT2D eigenvalue weighted by atomic mass is 10.1. The summed E-state index contributed by atoms with van der Waals surface area (Å²) in [5.74, 6) is 0.547. The van der Waals surface area contributed by atoms with Crippen LogP contribution in [-0.4, -0.2) is 66.6 Å². The van der Waals surface area contributed by atoms with Gasteiger partial charge in [-0.3, -0.25) is 4.90 Å². The molecule has 198 valence electrons. The fraction of sp³-hybridized carbons (Fsp3) is 0.500. The lowest BCUT2D eigenvalue weighted by Crippen LogP contribution is -2.25. The highest BCUT2D eigenvalue weighted by molar-refractivity contribution is 7.98. The molecule has 37 heavy (non-hydrogen) atoms. The van der Waals surface area contributed by atoms with Gasteiger partial charge < -0.3 is 14.0 Å². The Morgan fingerprint density at radius 2 is 1.86 bits per heavy atom. The van der Waals surface area contributed by atoms with Crippen molar-refractivity contribution in [1.29, 1.82) is 5.26 Å². The van der Waals surface area contributed by atoms with E-state index in [0.29, 0.717) is 68.8 Å². The third-order valence-corrected chi connectivity index (χ3v) is 9.23. The molecule has 11 heteroatoms. The minimum Gasteiger partial charge on any atom is -0.491 e. The van der Waals surface area contributed by atoms with Crippen LogP contribution >= 0.6 is 35.0 Å². The number of aromatic nitrogens is 3.